The van der Waals surface area contributed by atoms with E-state index in [2.05, 4.69) is 36.9 Å². The van der Waals surface area contributed by atoms with Crippen molar-refractivity contribution in [2.24, 2.45) is 0 Å². The van der Waals surface area contributed by atoms with Gasteiger partial charge in [-0.1, -0.05) is 63.3 Å². The van der Waals surface area contributed by atoms with Crippen LogP contribution in [0.1, 0.15) is 63.0 Å². The van der Waals surface area contributed by atoms with Gasteiger partial charge in [0.2, 0.25) is 5.54 Å². The highest BCUT2D eigenvalue weighted by atomic mass is 16.4. The van der Waals surface area contributed by atoms with Gasteiger partial charge in [-0.25, -0.2) is 4.79 Å². The molecule has 1 rings (SSSR count). The smallest absolute Gasteiger partial charge is 0.368 e. The number of rotatable bonds is 12. The van der Waals surface area contributed by atoms with E-state index in [0.29, 0.717) is 12.8 Å². The highest BCUT2D eigenvalue weighted by Gasteiger charge is 2.37. The first-order valence-corrected chi connectivity index (χ1v) is 8.79. The first-order valence-electron chi connectivity index (χ1n) is 8.79. The zero-order valence-corrected chi connectivity index (χ0v) is 14.4. The molecule has 4 nitrogen and oxygen atoms in total. The van der Waals surface area contributed by atoms with Crippen molar-refractivity contribution in [2.45, 2.75) is 70.3 Å². The van der Waals surface area contributed by atoms with Gasteiger partial charge in [0, 0.05) is 6.42 Å². The largest absolute Gasteiger partial charge is 0.477 e. The highest BCUT2D eigenvalue weighted by Crippen LogP contribution is 2.14. The number of aliphatic carboxylic acids is 1. The number of carboxylic acid groups (broad SMARTS) is 1. The van der Waals surface area contributed by atoms with E-state index in [1.165, 1.54) is 44.1 Å². The normalized spacial score (nSPS) is 13.7. The topological polar surface area (TPSA) is 85.2 Å². The maximum Gasteiger partial charge on any atom is 0.368 e. The Morgan fingerprint density at radius 1 is 1.00 bits per heavy atom. The number of aryl methyl sites for hydroxylation is 2. The van der Waals surface area contributed by atoms with Gasteiger partial charge in [-0.3, -0.25) is 0 Å². The molecule has 0 spiro atoms. The predicted octanol–water partition coefficient (Wildman–Crippen LogP) is 2.58. The van der Waals surface area contributed by atoms with E-state index in [1.54, 1.807) is 0 Å². The van der Waals surface area contributed by atoms with Crippen molar-refractivity contribution in [3.05, 3.63) is 35.4 Å². The number of carboxylic acids is 1. The Kier molecular flexibility index (Phi) is 8.89. The number of hydrogen-bond acceptors (Lipinski definition) is 2. The molecule has 1 atom stereocenters. The van der Waals surface area contributed by atoms with Crippen LogP contribution in [0, 0.1) is 0 Å². The molecule has 0 saturated heterocycles. The number of carbonyl (C=O) groups is 1. The van der Waals surface area contributed by atoms with Crippen molar-refractivity contribution in [1.29, 1.82) is 0 Å². The lowest BCUT2D eigenvalue weighted by molar-refractivity contribution is -0.469. The molecule has 0 saturated carbocycles. The molecular formula is C19H32NO3+. The first-order chi connectivity index (χ1) is 11.0. The van der Waals surface area contributed by atoms with Crippen LogP contribution in [0.15, 0.2) is 24.3 Å². The maximum atomic E-state index is 11.1. The molecule has 1 aromatic rings. The molecule has 0 aliphatic heterocycles. The van der Waals surface area contributed by atoms with Crippen molar-refractivity contribution in [1.82, 2.24) is 0 Å². The fourth-order valence-corrected chi connectivity index (χ4v) is 2.62. The van der Waals surface area contributed by atoms with Crippen LogP contribution in [0.4, 0.5) is 0 Å². The summed E-state index contributed by atoms with van der Waals surface area (Å²) in [6.07, 6.45) is 9.89. The van der Waals surface area contributed by atoms with E-state index in [-0.39, 0.29) is 0 Å². The lowest BCUT2D eigenvalue weighted by Crippen LogP contribution is -2.78. The van der Waals surface area contributed by atoms with Gasteiger partial charge in [0.05, 0.1) is 0 Å². The Hall–Kier alpha value is -1.39. The van der Waals surface area contributed by atoms with Crippen molar-refractivity contribution in [3.63, 3.8) is 0 Å². The number of aliphatic hydroxyl groups excluding tert-OH is 1. The SMILES string of the molecule is CCCCCCCCc1ccc(CCC([NH3+])(CO)C(=O)O)cc1. The predicted molar refractivity (Wildman–Crippen MR) is 92.2 cm³/mol. The number of benzene rings is 1. The second-order valence-corrected chi connectivity index (χ2v) is 6.58. The summed E-state index contributed by atoms with van der Waals surface area (Å²) in [5.41, 5.74) is 4.78. The molecule has 1 aromatic carbocycles. The Morgan fingerprint density at radius 2 is 1.52 bits per heavy atom. The molecular weight excluding hydrogens is 290 g/mol. The number of quaternary nitrogens is 1. The standard InChI is InChI=1S/C19H31NO3/c1-2-3-4-5-6-7-8-16-9-11-17(12-10-16)13-14-19(20,15-21)18(22)23/h9-12,21H,2-8,13-15,20H2,1H3,(H,22,23)/p+1. The fourth-order valence-electron chi connectivity index (χ4n) is 2.62. The van der Waals surface area contributed by atoms with Crippen LogP contribution in [-0.2, 0) is 17.6 Å². The molecule has 0 fully saturated rings. The third-order valence-electron chi connectivity index (χ3n) is 4.49. The van der Waals surface area contributed by atoms with E-state index in [4.69, 9.17) is 5.11 Å². The molecule has 130 valence electrons. The van der Waals surface area contributed by atoms with Crippen LogP contribution in [0.5, 0.6) is 0 Å². The van der Waals surface area contributed by atoms with E-state index in [1.807, 2.05) is 0 Å². The van der Waals surface area contributed by atoms with Crippen LogP contribution < -0.4 is 5.73 Å². The monoisotopic (exact) mass is 322 g/mol. The Balaban J connectivity index is 2.34. The molecule has 0 amide bonds. The van der Waals surface area contributed by atoms with Crippen LogP contribution in [-0.4, -0.2) is 28.3 Å². The third kappa shape index (κ3) is 7.14. The Labute approximate surface area is 139 Å². The van der Waals surface area contributed by atoms with Gasteiger partial charge >= 0.3 is 5.97 Å². The van der Waals surface area contributed by atoms with Crippen molar-refractivity contribution >= 4 is 5.97 Å². The minimum atomic E-state index is -1.29. The summed E-state index contributed by atoms with van der Waals surface area (Å²) >= 11 is 0. The van der Waals surface area contributed by atoms with Gasteiger partial charge in [-0.05, 0) is 30.4 Å². The van der Waals surface area contributed by atoms with Crippen LogP contribution in [0.3, 0.4) is 0 Å². The number of aliphatic hydroxyl groups is 1. The van der Waals surface area contributed by atoms with Gasteiger partial charge in [-0.2, -0.15) is 0 Å². The maximum absolute atomic E-state index is 11.1. The summed E-state index contributed by atoms with van der Waals surface area (Å²) in [6, 6.07) is 8.38. The van der Waals surface area contributed by atoms with E-state index in [9.17, 15) is 9.90 Å². The highest BCUT2D eigenvalue weighted by molar-refractivity contribution is 5.76. The summed E-state index contributed by atoms with van der Waals surface area (Å²) in [5, 5.41) is 18.3. The van der Waals surface area contributed by atoms with Gasteiger partial charge < -0.3 is 15.9 Å². The Bertz CT molecular complexity index is 458. The molecule has 0 aliphatic rings. The van der Waals surface area contributed by atoms with Gasteiger partial charge in [0.25, 0.3) is 0 Å². The summed E-state index contributed by atoms with van der Waals surface area (Å²) < 4.78 is 0. The minimum absolute atomic E-state index is 0.343. The molecule has 23 heavy (non-hydrogen) atoms. The average Bonchev–Trinajstić information content (AvgIpc) is 2.56. The molecule has 0 radical (unpaired) electrons. The second-order valence-electron chi connectivity index (χ2n) is 6.58. The van der Waals surface area contributed by atoms with Crippen molar-refractivity contribution < 1.29 is 20.7 Å². The van der Waals surface area contributed by atoms with E-state index >= 15 is 0 Å². The van der Waals surface area contributed by atoms with Gasteiger partial charge in [0.1, 0.15) is 6.61 Å². The summed E-state index contributed by atoms with van der Waals surface area (Å²) in [6.45, 7) is 1.80. The van der Waals surface area contributed by atoms with Crippen LogP contribution >= 0.6 is 0 Å². The fraction of sp³-hybridized carbons (Fsp3) is 0.632. The lowest BCUT2D eigenvalue weighted by Gasteiger charge is -2.18. The number of hydrogen-bond donors (Lipinski definition) is 3. The lowest BCUT2D eigenvalue weighted by atomic mass is 9.92. The van der Waals surface area contributed by atoms with Crippen molar-refractivity contribution in [2.75, 3.05) is 6.61 Å². The minimum Gasteiger partial charge on any atom is -0.477 e. The van der Waals surface area contributed by atoms with E-state index in [0.717, 1.165) is 12.0 Å². The molecule has 0 aliphatic carbocycles. The van der Waals surface area contributed by atoms with Crippen LogP contribution in [0.25, 0.3) is 0 Å². The molecule has 5 N–H and O–H groups in total. The Morgan fingerprint density at radius 3 is 2.04 bits per heavy atom. The summed E-state index contributed by atoms with van der Waals surface area (Å²) in [5.74, 6) is -1.04. The van der Waals surface area contributed by atoms with Gasteiger partial charge in [-0.15, -0.1) is 0 Å². The number of unbranched alkanes of at least 4 members (excludes halogenated alkanes) is 5. The zero-order chi connectivity index (χ0) is 17.1. The molecule has 0 aromatic heterocycles. The summed E-state index contributed by atoms with van der Waals surface area (Å²) in [7, 11) is 0. The van der Waals surface area contributed by atoms with Gasteiger partial charge in [0.15, 0.2) is 0 Å². The quantitative estimate of drug-likeness (QED) is 0.517. The third-order valence-corrected chi connectivity index (χ3v) is 4.49. The first kappa shape index (κ1) is 19.7. The molecule has 0 heterocycles. The zero-order valence-electron chi connectivity index (χ0n) is 14.4. The van der Waals surface area contributed by atoms with Crippen molar-refractivity contribution in [3.8, 4) is 0 Å². The van der Waals surface area contributed by atoms with E-state index < -0.39 is 18.1 Å². The van der Waals surface area contributed by atoms with Crippen LogP contribution in [0.2, 0.25) is 0 Å². The summed E-state index contributed by atoms with van der Waals surface area (Å²) in [4.78, 5) is 11.1. The molecule has 0 bridgehead atoms. The molecule has 4 heteroatoms. The second kappa shape index (κ2) is 10.4. The molecule has 1 unspecified atom stereocenters. The average molecular weight is 322 g/mol.